The van der Waals surface area contributed by atoms with Crippen LogP contribution in [-0.2, 0) is 6.18 Å². The largest absolute Gasteiger partial charge is 0.463 e. The van der Waals surface area contributed by atoms with Crippen molar-refractivity contribution < 1.29 is 31.9 Å². The molecule has 0 saturated carbocycles. The van der Waals surface area contributed by atoms with Gasteiger partial charge < -0.3 is 13.9 Å². The van der Waals surface area contributed by atoms with E-state index in [4.69, 9.17) is 13.9 Å². The zero-order chi connectivity index (χ0) is 19.7. The maximum absolute atomic E-state index is 13.2. The number of ether oxygens (including phenoxy) is 2. The third-order valence-corrected chi connectivity index (χ3v) is 4.64. The smallest absolute Gasteiger partial charge is 0.433 e. The van der Waals surface area contributed by atoms with Crippen LogP contribution in [-0.4, -0.2) is 28.3 Å². The van der Waals surface area contributed by atoms with Crippen LogP contribution in [0.2, 0.25) is 0 Å². The summed E-state index contributed by atoms with van der Waals surface area (Å²) < 4.78 is 55.0. The Morgan fingerprint density at radius 2 is 1.93 bits per heavy atom. The molecule has 0 radical (unpaired) electrons. The Balaban J connectivity index is 1.55. The summed E-state index contributed by atoms with van der Waals surface area (Å²) in [5, 5.41) is -0.171. The number of carbonyl (C=O) groups excluding carboxylic acids is 1. The van der Waals surface area contributed by atoms with Crippen LogP contribution in [0, 0.1) is 0 Å². The molecule has 1 aromatic carbocycles. The zero-order valence-electron chi connectivity index (χ0n) is 14.0. The summed E-state index contributed by atoms with van der Waals surface area (Å²) in [7, 11) is 0. The predicted molar refractivity (Wildman–Crippen MR) is 92.4 cm³/mol. The van der Waals surface area contributed by atoms with Crippen LogP contribution in [0.1, 0.15) is 16.1 Å². The van der Waals surface area contributed by atoms with Gasteiger partial charge in [0.2, 0.25) is 6.79 Å². The minimum Gasteiger partial charge on any atom is -0.463 e. The third-order valence-electron chi connectivity index (χ3n) is 3.80. The molecular formula is C18H11F3N2O4S. The van der Waals surface area contributed by atoms with Crippen molar-refractivity contribution in [1.29, 1.82) is 0 Å². The molecule has 1 aliphatic rings. The minimum absolute atomic E-state index is 0.00893. The number of fused-ring (bicyclic) bond motifs is 1. The molecule has 0 N–H and O–H groups in total. The number of Topliss-reactive ketones (excluding diaryl/α,β-unsaturated/α-hetero) is 1. The zero-order valence-corrected chi connectivity index (χ0v) is 14.8. The average Bonchev–Trinajstić information content (AvgIpc) is 3.36. The molecule has 0 unspecified atom stereocenters. The molecule has 0 atom stereocenters. The van der Waals surface area contributed by atoms with E-state index < -0.39 is 11.9 Å². The average molecular weight is 408 g/mol. The lowest BCUT2D eigenvalue weighted by Crippen LogP contribution is -2.11. The first-order chi connectivity index (χ1) is 13.4. The van der Waals surface area contributed by atoms with Crippen molar-refractivity contribution in [3.05, 3.63) is 53.9 Å². The molecular weight excluding hydrogens is 397 g/mol. The Morgan fingerprint density at radius 1 is 1.11 bits per heavy atom. The monoisotopic (exact) mass is 408 g/mol. The summed E-state index contributed by atoms with van der Waals surface area (Å²) in [6, 6.07) is 8.55. The number of halogens is 3. The fraction of sp³-hybridized carbons (Fsp3) is 0.167. The van der Waals surface area contributed by atoms with Crippen LogP contribution in [0.3, 0.4) is 0 Å². The van der Waals surface area contributed by atoms with E-state index in [2.05, 4.69) is 9.97 Å². The molecule has 0 fully saturated rings. The quantitative estimate of drug-likeness (QED) is 0.351. The summed E-state index contributed by atoms with van der Waals surface area (Å²) >= 11 is 0.813. The summed E-state index contributed by atoms with van der Waals surface area (Å²) in [6.07, 6.45) is -3.32. The van der Waals surface area contributed by atoms with Crippen molar-refractivity contribution in [3.8, 4) is 23.0 Å². The van der Waals surface area contributed by atoms with Crippen LogP contribution in [0.15, 0.2) is 52.2 Å². The SMILES string of the molecule is O=C(CSc1nc(-c2ccco2)cc(C(F)(F)F)n1)c1ccc2c(c1)OCO2. The van der Waals surface area contributed by atoms with Gasteiger partial charge in [-0.05, 0) is 36.4 Å². The molecule has 28 heavy (non-hydrogen) atoms. The number of alkyl halides is 3. The molecule has 0 amide bonds. The standard InChI is InChI=1S/C18H11F3N2O4S/c19-18(20,21)16-7-11(13-2-1-5-25-13)22-17(23-16)28-8-12(24)10-3-4-14-15(6-10)27-9-26-14/h1-7H,8-9H2. The van der Waals surface area contributed by atoms with Gasteiger partial charge in [0.25, 0.3) is 0 Å². The van der Waals surface area contributed by atoms with E-state index in [0.29, 0.717) is 17.1 Å². The molecule has 3 heterocycles. The number of ketones is 1. The molecule has 0 aliphatic carbocycles. The maximum atomic E-state index is 13.2. The van der Waals surface area contributed by atoms with Gasteiger partial charge in [0.05, 0.1) is 12.0 Å². The molecule has 0 bridgehead atoms. The molecule has 1 aliphatic heterocycles. The van der Waals surface area contributed by atoms with Gasteiger partial charge >= 0.3 is 6.18 Å². The van der Waals surface area contributed by atoms with Gasteiger partial charge in [-0.15, -0.1) is 0 Å². The van der Waals surface area contributed by atoms with E-state index in [1.54, 1.807) is 18.2 Å². The van der Waals surface area contributed by atoms with Gasteiger partial charge in [0.15, 0.2) is 28.2 Å². The van der Waals surface area contributed by atoms with Crippen molar-refractivity contribution >= 4 is 17.5 Å². The Bertz CT molecular complexity index is 1020. The van der Waals surface area contributed by atoms with E-state index in [1.165, 1.54) is 18.4 Å². The van der Waals surface area contributed by atoms with Crippen molar-refractivity contribution in [2.45, 2.75) is 11.3 Å². The van der Waals surface area contributed by atoms with Crippen LogP contribution >= 0.6 is 11.8 Å². The Morgan fingerprint density at radius 3 is 2.68 bits per heavy atom. The Labute approximate surface area is 160 Å². The van der Waals surface area contributed by atoms with Gasteiger partial charge in [0, 0.05) is 5.56 Å². The number of nitrogens with zero attached hydrogens (tertiary/aromatic N) is 2. The first kappa shape index (κ1) is 18.4. The van der Waals surface area contributed by atoms with Gasteiger partial charge in [-0.3, -0.25) is 4.79 Å². The molecule has 0 spiro atoms. The van der Waals surface area contributed by atoms with E-state index >= 15 is 0 Å². The lowest BCUT2D eigenvalue weighted by Gasteiger charge is -2.09. The highest BCUT2D eigenvalue weighted by Crippen LogP contribution is 2.34. The Kier molecular flexibility index (Phi) is 4.71. The van der Waals surface area contributed by atoms with Crippen molar-refractivity contribution in [2.24, 2.45) is 0 Å². The van der Waals surface area contributed by atoms with E-state index in [-0.39, 0.29) is 34.9 Å². The second kappa shape index (κ2) is 7.19. The van der Waals surface area contributed by atoms with E-state index in [1.807, 2.05) is 0 Å². The second-order valence-corrected chi connectivity index (χ2v) is 6.62. The van der Waals surface area contributed by atoms with Crippen LogP contribution in [0.4, 0.5) is 13.2 Å². The number of rotatable bonds is 5. The maximum Gasteiger partial charge on any atom is 0.433 e. The third kappa shape index (κ3) is 3.81. The highest BCUT2D eigenvalue weighted by Gasteiger charge is 2.34. The molecule has 4 rings (SSSR count). The number of hydrogen-bond donors (Lipinski definition) is 0. The van der Waals surface area contributed by atoms with Crippen molar-refractivity contribution in [2.75, 3.05) is 12.5 Å². The highest BCUT2D eigenvalue weighted by atomic mass is 32.2. The summed E-state index contributed by atoms with van der Waals surface area (Å²) in [5.74, 6) is 0.721. The molecule has 6 nitrogen and oxygen atoms in total. The lowest BCUT2D eigenvalue weighted by molar-refractivity contribution is -0.141. The predicted octanol–water partition coefficient (Wildman–Crippen LogP) is 4.46. The van der Waals surface area contributed by atoms with E-state index in [9.17, 15) is 18.0 Å². The molecule has 10 heteroatoms. The number of benzene rings is 1. The first-order valence-electron chi connectivity index (χ1n) is 7.96. The normalized spacial score (nSPS) is 13.0. The van der Waals surface area contributed by atoms with E-state index in [0.717, 1.165) is 17.8 Å². The number of aromatic nitrogens is 2. The number of thioether (sulfide) groups is 1. The Hall–Kier alpha value is -3.01. The second-order valence-electron chi connectivity index (χ2n) is 5.68. The molecule has 144 valence electrons. The van der Waals surface area contributed by atoms with Crippen LogP contribution < -0.4 is 9.47 Å². The molecule has 0 saturated heterocycles. The lowest BCUT2D eigenvalue weighted by atomic mass is 10.1. The molecule has 2 aromatic heterocycles. The number of carbonyl (C=O) groups is 1. The summed E-state index contributed by atoms with van der Waals surface area (Å²) in [4.78, 5) is 20.0. The fourth-order valence-corrected chi connectivity index (χ4v) is 3.22. The first-order valence-corrected chi connectivity index (χ1v) is 8.94. The van der Waals surface area contributed by atoms with Crippen LogP contribution in [0.25, 0.3) is 11.5 Å². The van der Waals surface area contributed by atoms with Gasteiger partial charge in [-0.1, -0.05) is 11.8 Å². The van der Waals surface area contributed by atoms with Gasteiger partial charge in [-0.2, -0.15) is 13.2 Å². The number of hydrogen-bond acceptors (Lipinski definition) is 7. The summed E-state index contributed by atoms with van der Waals surface area (Å²) in [5.41, 5.74) is -0.757. The topological polar surface area (TPSA) is 74.5 Å². The van der Waals surface area contributed by atoms with Crippen molar-refractivity contribution in [1.82, 2.24) is 9.97 Å². The highest BCUT2D eigenvalue weighted by molar-refractivity contribution is 7.99. The van der Waals surface area contributed by atoms with Gasteiger partial charge in [-0.25, -0.2) is 9.97 Å². The number of furan rings is 1. The van der Waals surface area contributed by atoms with Crippen molar-refractivity contribution in [3.63, 3.8) is 0 Å². The summed E-state index contributed by atoms with van der Waals surface area (Å²) in [6.45, 7) is 0.0787. The minimum atomic E-state index is -4.65. The van der Waals surface area contributed by atoms with Crippen LogP contribution in [0.5, 0.6) is 11.5 Å². The molecule has 3 aromatic rings. The fourth-order valence-electron chi connectivity index (χ4n) is 2.47. The van der Waals surface area contributed by atoms with Gasteiger partial charge in [0.1, 0.15) is 11.4 Å².